The van der Waals surface area contributed by atoms with Crippen molar-refractivity contribution in [2.24, 2.45) is 22.9 Å². The molecule has 3 heterocycles. The van der Waals surface area contributed by atoms with Crippen molar-refractivity contribution >= 4 is 11.8 Å². The maximum Gasteiger partial charge on any atom is 0.410 e. The van der Waals surface area contributed by atoms with Crippen LogP contribution in [0.25, 0.3) is 0 Å². The molecule has 1 aromatic heterocycles. The van der Waals surface area contributed by atoms with Gasteiger partial charge >= 0.3 is 6.09 Å². The number of benzene rings is 3. The molecular formula is C56H69N3O11. The highest BCUT2D eigenvalue weighted by Crippen LogP contribution is 2.62. The van der Waals surface area contributed by atoms with Gasteiger partial charge in [-0.3, -0.25) is 9.88 Å². The van der Waals surface area contributed by atoms with E-state index in [4.69, 9.17) is 43.2 Å². The van der Waals surface area contributed by atoms with Crippen LogP contribution in [0.5, 0.6) is 23.0 Å². The number of aliphatic hydroxyl groups is 2. The number of nitrogens with zero attached hydrogens (tertiary/aromatic N) is 3. The fraction of sp³-hybridized carbons (Fsp3) is 0.482. The molecule has 0 radical (unpaired) electrons. The van der Waals surface area contributed by atoms with Gasteiger partial charge in [0, 0.05) is 43.4 Å². The van der Waals surface area contributed by atoms with E-state index >= 15 is 4.79 Å². The van der Waals surface area contributed by atoms with E-state index in [9.17, 15) is 10.2 Å². The van der Waals surface area contributed by atoms with Gasteiger partial charge in [-0.05, 0) is 124 Å². The molecule has 14 heteroatoms. The monoisotopic (exact) mass is 959 g/mol. The molecule has 14 nitrogen and oxygen atoms in total. The number of hydrogen-bond acceptors (Lipinski definition) is 13. The number of carbonyl (C=O) groups is 1. The number of pyridine rings is 1. The van der Waals surface area contributed by atoms with Crippen molar-refractivity contribution in [1.29, 1.82) is 0 Å². The molecule has 3 aromatic carbocycles. The zero-order valence-corrected chi connectivity index (χ0v) is 41.1. The lowest BCUT2D eigenvalue weighted by molar-refractivity contribution is -0.256. The lowest BCUT2D eigenvalue weighted by Crippen LogP contribution is -2.70. The zero-order chi connectivity index (χ0) is 49.1. The Morgan fingerprint density at radius 2 is 1.69 bits per heavy atom. The van der Waals surface area contributed by atoms with E-state index in [0.29, 0.717) is 48.2 Å². The summed E-state index contributed by atoms with van der Waals surface area (Å²) >= 11 is 0. The van der Waals surface area contributed by atoms with Crippen LogP contribution in [0.3, 0.4) is 0 Å². The average molecular weight is 960 g/mol. The Bertz CT molecular complexity index is 2450. The number of aliphatic hydroxyl groups excluding tert-OH is 2. The van der Waals surface area contributed by atoms with Crippen molar-refractivity contribution in [3.8, 4) is 23.0 Å². The number of amides is 1. The summed E-state index contributed by atoms with van der Waals surface area (Å²) in [5.41, 5.74) is 5.41. The largest absolute Gasteiger partial charge is 0.487 e. The first-order chi connectivity index (χ1) is 34.0. The molecule has 1 fully saturated rings. The Hall–Kier alpha value is -5.93. The Kier molecular flexibility index (Phi) is 16.8. The molecule has 6 atom stereocenters. The van der Waals surface area contributed by atoms with Crippen molar-refractivity contribution in [3.05, 3.63) is 137 Å². The van der Waals surface area contributed by atoms with Crippen LogP contribution in [0.15, 0.2) is 114 Å². The molecule has 4 aromatic rings. The molecule has 0 spiro atoms. The molecule has 1 amide bonds. The van der Waals surface area contributed by atoms with E-state index in [1.165, 1.54) is 0 Å². The molecule has 1 saturated carbocycles. The number of allylic oxidation sites excluding steroid dienone is 1. The predicted molar refractivity (Wildman–Crippen MR) is 265 cm³/mol. The van der Waals surface area contributed by atoms with Crippen LogP contribution in [0.1, 0.15) is 99.7 Å². The number of aryl methyl sites for hydroxylation is 1. The molecule has 2 N–H and O–H groups in total. The molecule has 8 rings (SSSR count). The number of unbranched alkanes of at least 4 members (excludes halogenated alkanes) is 2. The number of fused-ring (bicyclic) bond motifs is 3. The fourth-order valence-corrected chi connectivity index (χ4v) is 10.3. The fourth-order valence-electron chi connectivity index (χ4n) is 10.3. The number of oxime groups is 1. The minimum atomic E-state index is -1.52. The number of rotatable bonds is 23. The molecule has 70 heavy (non-hydrogen) atoms. The van der Waals surface area contributed by atoms with Gasteiger partial charge in [-0.25, -0.2) is 4.79 Å². The number of carbonyl (C=O) groups excluding carboxylic acids is 1. The third kappa shape index (κ3) is 12.0. The Labute approximate surface area is 412 Å². The summed E-state index contributed by atoms with van der Waals surface area (Å²) in [4.78, 5) is 27.8. The van der Waals surface area contributed by atoms with E-state index in [1.807, 2.05) is 107 Å². The normalized spacial score (nSPS) is 22.6. The van der Waals surface area contributed by atoms with Gasteiger partial charge < -0.3 is 48.2 Å². The summed E-state index contributed by atoms with van der Waals surface area (Å²) in [6, 6.07) is 26.5. The maximum atomic E-state index is 15.1. The second-order valence-corrected chi connectivity index (χ2v) is 19.5. The van der Waals surface area contributed by atoms with Crippen LogP contribution < -0.4 is 18.9 Å². The van der Waals surface area contributed by atoms with Crippen LogP contribution in [0.2, 0.25) is 0 Å². The zero-order valence-electron chi connectivity index (χ0n) is 41.1. The van der Waals surface area contributed by atoms with Crippen LogP contribution in [-0.2, 0) is 38.8 Å². The lowest BCUT2D eigenvalue weighted by Gasteiger charge is -2.60. The molecule has 374 valence electrons. The van der Waals surface area contributed by atoms with Gasteiger partial charge in [0.1, 0.15) is 36.4 Å². The summed E-state index contributed by atoms with van der Waals surface area (Å²) in [6.45, 7) is 13.2. The van der Waals surface area contributed by atoms with E-state index in [2.05, 4.69) is 23.7 Å². The molecule has 4 aliphatic rings. The predicted octanol–water partition coefficient (Wildman–Crippen LogP) is 9.99. The summed E-state index contributed by atoms with van der Waals surface area (Å²) in [6.07, 6.45) is 8.12. The lowest BCUT2D eigenvalue weighted by atomic mass is 9.55. The third-order valence-corrected chi connectivity index (χ3v) is 13.4. The summed E-state index contributed by atoms with van der Waals surface area (Å²) in [7, 11) is 0. The standard InChI is InChI=1S/C56H69N3O11/c1-6-27-68-56-51(59(34-40-21-23-49-50(30-40)67-37-66-49)54(62)64-29-28-63-35-39-16-8-7-9-17-39)33-47(58-70-55(3,4)5)45-31-41(18-10-12-25-60)44(20-11-13-26-61)52(53(45)56)46-32-43(22-24-48(46)69-56)65-36-42-19-14-15-38(2)57-42/h6-9,14-17,19,21-24,30-32,41,44,51-53,60-61H,1,10-13,18,20,25-29,33-37H2,2-5H3/t41-,44+,51-,52+,53+,56+/m0/s1. The van der Waals surface area contributed by atoms with Crippen LogP contribution >= 0.6 is 0 Å². The van der Waals surface area contributed by atoms with Gasteiger partial charge in [-0.2, -0.15) is 0 Å². The van der Waals surface area contributed by atoms with Crippen LogP contribution in [0, 0.1) is 24.7 Å². The number of aromatic nitrogens is 1. The van der Waals surface area contributed by atoms with E-state index in [1.54, 1.807) is 11.0 Å². The van der Waals surface area contributed by atoms with Crippen molar-refractivity contribution < 1.29 is 53.0 Å². The van der Waals surface area contributed by atoms with Crippen molar-refractivity contribution in [2.45, 2.75) is 116 Å². The Morgan fingerprint density at radius 1 is 0.900 bits per heavy atom. The SMILES string of the molecule is C=CCO[C@@]12Oc3ccc(OCc4cccc(C)n4)cc3[C@H]3[C@H](CCCCO)[C@@H](CCCCO)C=C(C(=NOC(C)(C)C)C[C@@H]1N(Cc1ccc4c(c1)OCO4)C(=O)OCCOCc1ccccc1)[C@H]32. The van der Waals surface area contributed by atoms with Gasteiger partial charge in [0.25, 0.3) is 0 Å². The minimum Gasteiger partial charge on any atom is -0.487 e. The van der Waals surface area contributed by atoms with Gasteiger partial charge in [0.2, 0.25) is 12.6 Å². The van der Waals surface area contributed by atoms with E-state index in [-0.39, 0.29) is 77.2 Å². The smallest absolute Gasteiger partial charge is 0.410 e. The first-order valence-corrected chi connectivity index (χ1v) is 24.8. The van der Waals surface area contributed by atoms with E-state index in [0.717, 1.165) is 59.3 Å². The third-order valence-electron chi connectivity index (χ3n) is 13.4. The summed E-state index contributed by atoms with van der Waals surface area (Å²) < 4.78 is 44.8. The Morgan fingerprint density at radius 3 is 2.46 bits per heavy atom. The molecule has 0 unspecified atom stereocenters. The summed E-state index contributed by atoms with van der Waals surface area (Å²) in [5.74, 6) is 0.219. The van der Waals surface area contributed by atoms with Gasteiger partial charge in [0.15, 0.2) is 11.5 Å². The second kappa shape index (κ2) is 23.3. The van der Waals surface area contributed by atoms with Crippen LogP contribution in [-0.4, -0.2) is 89.2 Å². The van der Waals surface area contributed by atoms with Crippen molar-refractivity contribution in [3.63, 3.8) is 0 Å². The van der Waals surface area contributed by atoms with Gasteiger partial charge in [-0.15, -0.1) is 6.58 Å². The molecular weight excluding hydrogens is 891 g/mol. The topological polar surface area (TPSA) is 160 Å². The van der Waals surface area contributed by atoms with Crippen molar-refractivity contribution in [2.75, 3.05) is 39.8 Å². The maximum absolute atomic E-state index is 15.1. The first kappa shape index (κ1) is 50.5. The first-order valence-electron chi connectivity index (χ1n) is 24.8. The quantitative estimate of drug-likeness (QED) is 0.0412. The highest BCUT2D eigenvalue weighted by molar-refractivity contribution is 6.03. The number of hydrogen-bond donors (Lipinski definition) is 2. The van der Waals surface area contributed by atoms with E-state index < -0.39 is 29.4 Å². The molecule has 0 saturated heterocycles. The van der Waals surface area contributed by atoms with Gasteiger partial charge in [0.05, 0.1) is 37.1 Å². The average Bonchev–Trinajstić information content (AvgIpc) is 3.83. The highest BCUT2D eigenvalue weighted by atomic mass is 16.7. The molecule has 2 aliphatic carbocycles. The second-order valence-electron chi connectivity index (χ2n) is 19.5. The van der Waals surface area contributed by atoms with Gasteiger partial charge in [-0.1, -0.05) is 72.6 Å². The van der Waals surface area contributed by atoms with Crippen molar-refractivity contribution in [1.82, 2.24) is 9.88 Å². The Balaban J connectivity index is 1.27. The van der Waals surface area contributed by atoms with Crippen LogP contribution in [0.4, 0.5) is 4.79 Å². The number of ether oxygens (including phenoxy) is 7. The summed E-state index contributed by atoms with van der Waals surface area (Å²) in [5, 5.41) is 25.1. The highest BCUT2D eigenvalue weighted by Gasteiger charge is 2.66. The molecule has 0 bridgehead atoms. The minimum absolute atomic E-state index is 0.00514. The molecule has 2 aliphatic heterocycles.